The number of hydrogen-bond acceptors (Lipinski definition) is 7. The van der Waals surface area contributed by atoms with Crippen LogP contribution in [0.5, 0.6) is 5.75 Å². The van der Waals surface area contributed by atoms with Crippen molar-refractivity contribution in [3.63, 3.8) is 0 Å². The number of benzene rings is 2. The van der Waals surface area contributed by atoms with E-state index in [0.717, 1.165) is 5.56 Å². The first-order valence-electron chi connectivity index (χ1n) is 10.6. The fourth-order valence-corrected chi connectivity index (χ4v) is 3.42. The van der Waals surface area contributed by atoms with Crippen LogP contribution in [0.25, 0.3) is 12.2 Å². The highest BCUT2D eigenvalue weighted by molar-refractivity contribution is 6.30. The Morgan fingerprint density at radius 1 is 0.943 bits per heavy atom. The number of carbonyl (C=O) groups is 2. The number of phenolic OH excluding ortho intramolecular Hbond substituents is 1. The first-order valence-corrected chi connectivity index (χ1v) is 11.0. The number of rotatable bonds is 7. The third-order valence-corrected chi connectivity index (χ3v) is 5.21. The van der Waals surface area contributed by atoms with Crippen molar-refractivity contribution in [1.82, 2.24) is 0 Å². The van der Waals surface area contributed by atoms with Gasteiger partial charge in [-0.05, 0) is 41.5 Å². The van der Waals surface area contributed by atoms with Crippen LogP contribution >= 0.6 is 11.6 Å². The van der Waals surface area contributed by atoms with Crippen molar-refractivity contribution in [2.45, 2.75) is 37.3 Å². The molecule has 2 aromatic rings. The van der Waals surface area contributed by atoms with Crippen LogP contribution in [0.15, 0.2) is 60.7 Å². The Labute approximate surface area is 207 Å². The van der Waals surface area contributed by atoms with Crippen molar-refractivity contribution < 1.29 is 44.6 Å². The number of aliphatic hydroxyl groups excluding tert-OH is 2. The summed E-state index contributed by atoms with van der Waals surface area (Å²) in [6, 6.07) is 13.7. The van der Waals surface area contributed by atoms with E-state index in [9.17, 15) is 20.1 Å². The summed E-state index contributed by atoms with van der Waals surface area (Å²) in [5.74, 6) is -0.499. The summed E-state index contributed by atoms with van der Waals surface area (Å²) in [6.45, 7) is 0.317. The highest BCUT2D eigenvalue weighted by Gasteiger charge is 2.38. The molecule has 0 unspecified atom stereocenters. The second kappa shape index (κ2) is 14.1. The molecule has 0 aliphatic heterocycles. The minimum Gasteiger partial charge on any atom is -0.508 e. The third kappa shape index (κ3) is 10.6. The van der Waals surface area contributed by atoms with Gasteiger partial charge in [-0.3, -0.25) is 0 Å². The zero-order valence-corrected chi connectivity index (χ0v) is 19.4. The quantitative estimate of drug-likeness (QED) is 0.278. The molecule has 10 heteroatoms. The van der Waals surface area contributed by atoms with Gasteiger partial charge >= 0.3 is 12.1 Å². The van der Waals surface area contributed by atoms with Crippen LogP contribution in [0.4, 0.5) is 4.79 Å². The molecule has 5 N–H and O–H groups in total. The molecule has 1 aliphatic rings. The lowest BCUT2D eigenvalue weighted by Gasteiger charge is -2.35. The van der Waals surface area contributed by atoms with Gasteiger partial charge in [0.15, 0.2) is 0 Å². The van der Waals surface area contributed by atoms with Gasteiger partial charge in [-0.2, -0.15) is 0 Å². The highest BCUT2D eigenvalue weighted by Crippen LogP contribution is 2.25. The van der Waals surface area contributed by atoms with E-state index in [1.54, 1.807) is 30.3 Å². The number of carbonyl (C=O) groups excluding carboxylic acids is 1. The normalized spacial score (nSPS) is 21.9. The summed E-state index contributed by atoms with van der Waals surface area (Å²) in [7, 11) is 0. The van der Waals surface area contributed by atoms with Crippen molar-refractivity contribution in [3.05, 3.63) is 76.8 Å². The van der Waals surface area contributed by atoms with Crippen LogP contribution in [-0.4, -0.2) is 68.7 Å². The van der Waals surface area contributed by atoms with E-state index >= 15 is 0 Å². The molecule has 1 saturated carbocycles. The Balaban J connectivity index is 0.00000100. The molecule has 188 valence electrons. The molecule has 1 aliphatic carbocycles. The van der Waals surface area contributed by atoms with E-state index in [0.29, 0.717) is 17.2 Å². The topological polar surface area (TPSA) is 154 Å². The monoisotopic (exact) mass is 506 g/mol. The largest absolute Gasteiger partial charge is 0.508 e. The Morgan fingerprint density at radius 2 is 1.51 bits per heavy atom. The lowest BCUT2D eigenvalue weighted by atomic mass is 9.89. The number of ether oxygens (including phenoxy) is 2. The van der Waals surface area contributed by atoms with E-state index in [1.807, 2.05) is 24.3 Å². The maximum atomic E-state index is 12.1. The molecule has 0 aromatic heterocycles. The number of halogens is 1. The van der Waals surface area contributed by atoms with Gasteiger partial charge in [0.1, 0.15) is 18.0 Å². The lowest BCUT2D eigenvalue weighted by Crippen LogP contribution is -2.48. The second-order valence-corrected chi connectivity index (χ2v) is 8.06. The fourth-order valence-electron chi connectivity index (χ4n) is 3.29. The number of carboxylic acid groups (broad SMARTS) is 2. The zero-order valence-electron chi connectivity index (χ0n) is 18.6. The number of aliphatic hydroxyl groups is 2. The molecule has 35 heavy (non-hydrogen) atoms. The first-order chi connectivity index (χ1) is 16.6. The van der Waals surface area contributed by atoms with Gasteiger partial charge in [-0.25, -0.2) is 9.59 Å². The predicted molar refractivity (Wildman–Crippen MR) is 129 cm³/mol. The van der Waals surface area contributed by atoms with E-state index in [4.69, 9.17) is 36.1 Å². The molecule has 0 radical (unpaired) electrons. The van der Waals surface area contributed by atoms with Crippen LogP contribution < -0.4 is 0 Å². The number of esters is 1. The maximum Gasteiger partial charge on any atom is 0.503 e. The Hall–Kier alpha value is -3.37. The van der Waals surface area contributed by atoms with Crippen LogP contribution in [0, 0.1) is 0 Å². The van der Waals surface area contributed by atoms with Crippen molar-refractivity contribution in [2.24, 2.45) is 0 Å². The summed E-state index contributed by atoms with van der Waals surface area (Å²) >= 11 is 5.86. The van der Waals surface area contributed by atoms with Gasteiger partial charge in [0.05, 0.1) is 18.8 Å². The molecule has 0 spiro atoms. The van der Waals surface area contributed by atoms with Crippen LogP contribution in [0.2, 0.25) is 5.02 Å². The molecule has 9 nitrogen and oxygen atoms in total. The second-order valence-electron chi connectivity index (χ2n) is 7.62. The van der Waals surface area contributed by atoms with Gasteiger partial charge < -0.3 is 35.0 Å². The van der Waals surface area contributed by atoms with Crippen LogP contribution in [0.3, 0.4) is 0 Å². The molecule has 0 saturated heterocycles. The van der Waals surface area contributed by atoms with Crippen molar-refractivity contribution in [3.8, 4) is 5.75 Å². The van der Waals surface area contributed by atoms with E-state index in [-0.39, 0.29) is 24.7 Å². The molecule has 0 amide bonds. The third-order valence-electron chi connectivity index (χ3n) is 4.96. The molecule has 0 bridgehead atoms. The maximum absolute atomic E-state index is 12.1. The van der Waals surface area contributed by atoms with Crippen molar-refractivity contribution >= 4 is 35.9 Å². The summed E-state index contributed by atoms with van der Waals surface area (Å²) < 4.78 is 11.1. The van der Waals surface area contributed by atoms with Gasteiger partial charge in [0.25, 0.3) is 0 Å². The highest BCUT2D eigenvalue weighted by atomic mass is 35.5. The van der Waals surface area contributed by atoms with Crippen molar-refractivity contribution in [1.29, 1.82) is 0 Å². The summed E-state index contributed by atoms with van der Waals surface area (Å²) in [5, 5.41) is 44.2. The Bertz CT molecular complexity index is 999. The SMILES string of the molecule is O=C(/C=C/c1ccc(O)cc1)O[C@@H]1C[C@@H](OC/C=C/c2ccc(Cl)cc2)C[C@H](O)[C@H]1O.O=C(O)O. The molecule has 2 aromatic carbocycles. The van der Waals surface area contributed by atoms with Crippen molar-refractivity contribution in [2.75, 3.05) is 6.61 Å². The average molecular weight is 507 g/mol. The van der Waals surface area contributed by atoms with Crippen LogP contribution in [-0.2, 0) is 14.3 Å². The Morgan fingerprint density at radius 3 is 2.14 bits per heavy atom. The fraction of sp³-hybridized carbons (Fsp3) is 0.280. The molecular weight excluding hydrogens is 480 g/mol. The van der Waals surface area contributed by atoms with Gasteiger partial charge in [-0.1, -0.05) is 48.0 Å². The number of phenols is 1. The summed E-state index contributed by atoms with van der Waals surface area (Å²) in [4.78, 5) is 20.7. The minimum atomic E-state index is -1.83. The predicted octanol–water partition coefficient (Wildman–Crippen LogP) is 3.81. The number of hydrogen-bond donors (Lipinski definition) is 5. The number of aromatic hydroxyl groups is 1. The smallest absolute Gasteiger partial charge is 0.503 e. The standard InChI is InChI=1S/C24H25ClO6.CH2O3/c25-18-8-3-16(4-9-18)2-1-13-30-20-14-21(27)24(29)22(15-20)31-23(28)12-7-17-5-10-19(26)11-6-17;2-1(3)4/h1-12,20-22,24,26-27,29H,13-15H2;(H2,2,3,4)/b2-1+,12-7+;/t20-,21-,22+,24+;/m0./s1. The minimum absolute atomic E-state index is 0.132. The van der Waals surface area contributed by atoms with E-state index < -0.39 is 30.4 Å². The molecule has 1 fully saturated rings. The average Bonchev–Trinajstić information content (AvgIpc) is 2.80. The van der Waals surface area contributed by atoms with Gasteiger partial charge in [0.2, 0.25) is 0 Å². The molecule has 3 rings (SSSR count). The Kier molecular flexibility index (Phi) is 11.2. The molecular formula is C25H27ClO9. The first kappa shape index (κ1) is 27.9. The van der Waals surface area contributed by atoms with E-state index in [1.165, 1.54) is 18.2 Å². The molecule has 4 atom stereocenters. The summed E-state index contributed by atoms with van der Waals surface area (Å²) in [6.07, 6.45) is 1.80. The van der Waals surface area contributed by atoms with Gasteiger partial charge in [0, 0.05) is 23.9 Å². The zero-order chi connectivity index (χ0) is 25.8. The van der Waals surface area contributed by atoms with Crippen LogP contribution in [0.1, 0.15) is 24.0 Å². The molecule has 0 heterocycles. The van der Waals surface area contributed by atoms with Gasteiger partial charge in [-0.15, -0.1) is 0 Å². The lowest BCUT2D eigenvalue weighted by molar-refractivity contribution is -0.169. The van der Waals surface area contributed by atoms with E-state index in [2.05, 4.69) is 0 Å². The summed E-state index contributed by atoms with van der Waals surface area (Å²) in [5.41, 5.74) is 1.70.